The number of hydrogen-bond acceptors (Lipinski definition) is 4. The average molecular weight is 1520 g/mol. The summed E-state index contributed by atoms with van der Waals surface area (Å²) in [6.07, 6.45) is 0. The van der Waals surface area contributed by atoms with E-state index in [9.17, 15) is 0 Å². The molecule has 558 valence electrons. The molecular weight excluding hydrogens is 1440 g/mol. The van der Waals surface area contributed by atoms with Gasteiger partial charge in [-0.2, -0.15) is 0 Å². The summed E-state index contributed by atoms with van der Waals surface area (Å²) < 4.78 is 0. The number of anilines is 12. The van der Waals surface area contributed by atoms with Crippen molar-refractivity contribution in [3.05, 3.63) is 448 Å². The summed E-state index contributed by atoms with van der Waals surface area (Å²) in [7, 11) is 0. The monoisotopic (exact) mass is 1510 g/mol. The molecular formula is C115H78N4. The lowest BCUT2D eigenvalue weighted by Gasteiger charge is -2.32. The third-order valence-electron chi connectivity index (χ3n) is 25.1. The van der Waals surface area contributed by atoms with E-state index in [0.29, 0.717) is 0 Å². The molecule has 4 nitrogen and oxygen atoms in total. The van der Waals surface area contributed by atoms with Gasteiger partial charge in [0.15, 0.2) is 0 Å². The van der Waals surface area contributed by atoms with Crippen molar-refractivity contribution >= 4 is 176 Å². The lowest BCUT2D eigenvalue weighted by molar-refractivity contribution is 0.661. The van der Waals surface area contributed by atoms with Crippen LogP contribution in [0.25, 0.3) is 141 Å². The van der Waals surface area contributed by atoms with E-state index in [1.54, 1.807) is 0 Å². The predicted molar refractivity (Wildman–Crippen MR) is 509 cm³/mol. The van der Waals surface area contributed by atoms with Gasteiger partial charge < -0.3 is 19.6 Å². The highest BCUT2D eigenvalue weighted by Gasteiger charge is 2.37. The summed E-state index contributed by atoms with van der Waals surface area (Å²) in [4.78, 5) is 10.0. The molecule has 0 amide bonds. The van der Waals surface area contributed by atoms with Gasteiger partial charge in [-0.25, -0.2) is 0 Å². The molecule has 0 bridgehead atoms. The topological polar surface area (TPSA) is 13.0 Å². The average Bonchev–Trinajstić information content (AvgIpc) is 1.64. The summed E-state index contributed by atoms with van der Waals surface area (Å²) >= 11 is 0. The zero-order chi connectivity index (χ0) is 78.8. The van der Waals surface area contributed by atoms with Gasteiger partial charge in [0.05, 0.1) is 11.4 Å². The summed E-state index contributed by atoms with van der Waals surface area (Å²) in [5, 5.41) is 23.7. The van der Waals surface area contributed by atoms with Crippen LogP contribution in [0.1, 0.15) is 25.0 Å². The first-order valence-corrected chi connectivity index (χ1v) is 41.2. The Bertz CT molecular complexity index is 7280. The zero-order valence-corrected chi connectivity index (χ0v) is 65.9. The Labute approximate surface area is 691 Å². The molecule has 22 aromatic rings. The largest absolute Gasteiger partial charge is 0.310 e. The standard InChI is InChI=1S/C115H78N4/c1-115(2)111-69-87(91-65-99(116(93-51-43-75-23-3-9-29-81(75)59-93)94-52-44-76-24-4-10-30-82(76)60-94)73-101(67-91)118(97-55-47-79-27-7-13-33-85(79)63-97)113-71-89-35-15-17-37-103(89)105-39-19-21-41-109(105)113)49-57-107(111)108-58-50-88(70-112(108)115)92-66-100(117(95-53-45-77-25-5-11-31-83(77)61-95)96-54-46-78-26-6-12-32-84(78)62-96)74-102(68-92)119(98-56-48-80-28-8-14-34-86(80)64-98)114-72-90-36-16-18-38-104(90)106-40-20-22-42-110(106)114/h3-74H,1-2H3. The molecule has 0 aliphatic heterocycles. The second-order valence-electron chi connectivity index (χ2n) is 32.5. The third-order valence-corrected chi connectivity index (χ3v) is 25.1. The third kappa shape index (κ3) is 12.0. The van der Waals surface area contributed by atoms with E-state index in [2.05, 4.69) is 470 Å². The fourth-order valence-electron chi connectivity index (χ4n) is 19.2. The Morgan fingerprint density at radius 2 is 0.387 bits per heavy atom. The maximum absolute atomic E-state index is 2.52. The number of hydrogen-bond donors (Lipinski definition) is 0. The molecule has 0 unspecified atom stereocenters. The van der Waals surface area contributed by atoms with Crippen molar-refractivity contribution in [2.75, 3.05) is 19.6 Å². The van der Waals surface area contributed by atoms with E-state index in [-0.39, 0.29) is 0 Å². The van der Waals surface area contributed by atoms with Crippen molar-refractivity contribution in [2.45, 2.75) is 19.3 Å². The molecule has 1 aliphatic rings. The maximum Gasteiger partial charge on any atom is 0.0546 e. The first-order valence-electron chi connectivity index (χ1n) is 41.2. The molecule has 0 saturated carbocycles. The fourth-order valence-corrected chi connectivity index (χ4v) is 19.2. The van der Waals surface area contributed by atoms with Gasteiger partial charge in [0.25, 0.3) is 0 Å². The molecule has 0 aromatic heterocycles. The summed E-state index contributed by atoms with van der Waals surface area (Å²) in [6, 6.07) is 164. The van der Waals surface area contributed by atoms with Crippen LogP contribution < -0.4 is 19.6 Å². The van der Waals surface area contributed by atoms with Crippen LogP contribution in [0.4, 0.5) is 68.2 Å². The van der Waals surface area contributed by atoms with Crippen LogP contribution in [0.15, 0.2) is 437 Å². The maximum atomic E-state index is 2.52. The van der Waals surface area contributed by atoms with E-state index in [0.717, 1.165) is 90.5 Å². The Kier molecular flexibility index (Phi) is 16.3. The number of rotatable bonds is 14. The van der Waals surface area contributed by atoms with Crippen LogP contribution in [-0.4, -0.2) is 0 Å². The zero-order valence-electron chi connectivity index (χ0n) is 65.9. The Morgan fingerprint density at radius 1 is 0.151 bits per heavy atom. The van der Waals surface area contributed by atoms with Gasteiger partial charge in [-0.3, -0.25) is 0 Å². The highest BCUT2D eigenvalue weighted by molar-refractivity contribution is 6.17. The quantitative estimate of drug-likeness (QED) is 0.101. The number of nitrogens with zero attached hydrogens (tertiary/aromatic N) is 4. The minimum atomic E-state index is -0.454. The van der Waals surface area contributed by atoms with Gasteiger partial charge in [0, 0.05) is 73.1 Å². The van der Waals surface area contributed by atoms with Gasteiger partial charge in [0.2, 0.25) is 0 Å². The van der Waals surface area contributed by atoms with Crippen molar-refractivity contribution < 1.29 is 0 Å². The SMILES string of the molecule is CC1(C)c2cc(-c3cc(N(c4ccc5ccccc5c4)c4ccc5ccccc5c4)cc(N(c4ccc5ccccc5c4)c4cc5ccccc5c5ccccc45)c3)ccc2-c2ccc(-c3cc(N(c4ccc5ccccc5c4)c4ccc5ccccc5c4)cc(N(c4ccc5ccccc5c4)c4cc5ccccc5c5ccccc45)c3)cc21. The van der Waals surface area contributed by atoms with Crippen LogP contribution in [0.3, 0.4) is 0 Å². The Hall–Kier alpha value is -15.4. The molecule has 23 rings (SSSR count). The molecule has 0 saturated heterocycles. The lowest BCUT2D eigenvalue weighted by Crippen LogP contribution is -2.16. The Morgan fingerprint density at radius 3 is 0.681 bits per heavy atom. The van der Waals surface area contributed by atoms with E-state index in [1.165, 1.54) is 130 Å². The molecule has 4 heteroatoms. The van der Waals surface area contributed by atoms with Crippen LogP contribution in [0.2, 0.25) is 0 Å². The smallest absolute Gasteiger partial charge is 0.0546 e. The van der Waals surface area contributed by atoms with Gasteiger partial charge >= 0.3 is 0 Å². The van der Waals surface area contributed by atoms with E-state index < -0.39 is 5.41 Å². The van der Waals surface area contributed by atoms with Crippen LogP contribution >= 0.6 is 0 Å². The Balaban J connectivity index is 0.733. The first kappa shape index (κ1) is 69.2. The van der Waals surface area contributed by atoms with Gasteiger partial charge in [0.1, 0.15) is 0 Å². The van der Waals surface area contributed by atoms with Crippen LogP contribution in [0, 0.1) is 0 Å². The molecule has 119 heavy (non-hydrogen) atoms. The molecule has 0 N–H and O–H groups in total. The highest BCUT2D eigenvalue weighted by atomic mass is 15.2. The van der Waals surface area contributed by atoms with Gasteiger partial charge in [-0.05, 0) is 275 Å². The minimum absolute atomic E-state index is 0.454. The van der Waals surface area contributed by atoms with E-state index in [4.69, 9.17) is 0 Å². The van der Waals surface area contributed by atoms with Crippen molar-refractivity contribution in [2.24, 2.45) is 0 Å². The molecule has 0 fully saturated rings. The minimum Gasteiger partial charge on any atom is -0.310 e. The molecule has 22 aromatic carbocycles. The first-order chi connectivity index (χ1) is 58.7. The van der Waals surface area contributed by atoms with Crippen molar-refractivity contribution in [3.63, 3.8) is 0 Å². The van der Waals surface area contributed by atoms with E-state index in [1.807, 2.05) is 0 Å². The molecule has 1 aliphatic carbocycles. The summed E-state index contributed by atoms with van der Waals surface area (Å²) in [5.74, 6) is 0. The molecule has 0 spiro atoms. The highest BCUT2D eigenvalue weighted by Crippen LogP contribution is 2.55. The normalized spacial score (nSPS) is 12.4. The van der Waals surface area contributed by atoms with Gasteiger partial charge in [-0.15, -0.1) is 0 Å². The van der Waals surface area contributed by atoms with Crippen molar-refractivity contribution in [1.82, 2.24) is 0 Å². The number of fused-ring (bicyclic) bond motifs is 15. The fraction of sp³-hybridized carbons (Fsp3) is 0.0261. The predicted octanol–water partition coefficient (Wildman–Crippen LogP) is 32.7. The second-order valence-corrected chi connectivity index (χ2v) is 32.5. The summed E-state index contributed by atoms with van der Waals surface area (Å²) in [6.45, 7) is 4.88. The van der Waals surface area contributed by atoms with E-state index >= 15 is 0 Å². The van der Waals surface area contributed by atoms with Crippen LogP contribution in [0.5, 0.6) is 0 Å². The molecule has 0 radical (unpaired) electrons. The second kappa shape index (κ2) is 28.0. The summed E-state index contributed by atoms with van der Waals surface area (Å²) in [5.41, 5.74) is 21.7. The van der Waals surface area contributed by atoms with Crippen molar-refractivity contribution in [1.29, 1.82) is 0 Å². The molecule has 0 heterocycles. The molecule has 0 atom stereocenters. The lowest BCUT2D eigenvalue weighted by atomic mass is 9.80. The van der Waals surface area contributed by atoms with Crippen molar-refractivity contribution in [3.8, 4) is 33.4 Å². The number of benzene rings is 22. The van der Waals surface area contributed by atoms with Crippen LogP contribution in [-0.2, 0) is 5.41 Å². The van der Waals surface area contributed by atoms with Gasteiger partial charge in [-0.1, -0.05) is 317 Å².